The van der Waals surface area contributed by atoms with E-state index in [1.165, 1.54) is 19.3 Å². The van der Waals surface area contributed by atoms with Crippen LogP contribution in [0.15, 0.2) is 0 Å². The summed E-state index contributed by atoms with van der Waals surface area (Å²) < 4.78 is 0. The monoisotopic (exact) mass is 231 g/mol. The molecule has 1 amide bonds. The first kappa shape index (κ1) is 8.54. The normalized spacial score (nSPS) is 37.6. The summed E-state index contributed by atoms with van der Waals surface area (Å²) in [7, 11) is 0. The minimum absolute atomic E-state index is 0.296. The van der Waals surface area contributed by atoms with Crippen LogP contribution in [-0.2, 0) is 4.79 Å². The summed E-state index contributed by atoms with van der Waals surface area (Å²) in [5.41, 5.74) is 0. The fourth-order valence-corrected chi connectivity index (χ4v) is 2.70. The Morgan fingerprint density at radius 2 is 2.08 bits per heavy atom. The quantitative estimate of drug-likeness (QED) is 0.735. The zero-order valence-electron chi connectivity index (χ0n) is 7.05. The highest BCUT2D eigenvalue weighted by Crippen LogP contribution is 2.57. The Bertz CT molecular complexity index is 185. The molecule has 0 aromatic heterocycles. The third-order valence-electron chi connectivity index (χ3n) is 3.10. The summed E-state index contributed by atoms with van der Waals surface area (Å²) in [4.78, 5) is 11.4. The fraction of sp³-hybridized carbons (Fsp3) is 0.889. The van der Waals surface area contributed by atoms with Crippen molar-refractivity contribution in [2.24, 2.45) is 17.8 Å². The molecule has 0 saturated heterocycles. The second kappa shape index (κ2) is 3.36. The minimum Gasteiger partial charge on any atom is -0.355 e. The Balaban J connectivity index is 1.76. The van der Waals surface area contributed by atoms with E-state index in [9.17, 15) is 4.79 Å². The highest BCUT2D eigenvalue weighted by molar-refractivity contribution is 9.09. The van der Waals surface area contributed by atoms with Crippen LogP contribution in [0, 0.1) is 17.8 Å². The van der Waals surface area contributed by atoms with Crippen molar-refractivity contribution < 1.29 is 4.79 Å². The lowest BCUT2D eigenvalue weighted by molar-refractivity contribution is -0.122. The number of alkyl halides is 1. The second-order valence-electron chi connectivity index (χ2n) is 3.76. The van der Waals surface area contributed by atoms with E-state index in [-0.39, 0.29) is 0 Å². The summed E-state index contributed by atoms with van der Waals surface area (Å²) in [5, 5.41) is 3.80. The highest BCUT2D eigenvalue weighted by atomic mass is 79.9. The van der Waals surface area contributed by atoms with E-state index in [1.54, 1.807) is 0 Å². The minimum atomic E-state index is 0.296. The van der Waals surface area contributed by atoms with Crippen LogP contribution >= 0.6 is 15.9 Å². The Labute approximate surface area is 81.2 Å². The van der Waals surface area contributed by atoms with Crippen LogP contribution in [0.5, 0.6) is 0 Å². The van der Waals surface area contributed by atoms with Gasteiger partial charge < -0.3 is 5.32 Å². The Kier molecular flexibility index (Phi) is 2.40. The number of carbonyl (C=O) groups excluding carboxylic acids is 1. The lowest BCUT2D eigenvalue weighted by atomic mass is 10.1. The van der Waals surface area contributed by atoms with Gasteiger partial charge in [0.05, 0.1) is 0 Å². The van der Waals surface area contributed by atoms with Crippen LogP contribution in [0.1, 0.15) is 19.3 Å². The predicted octanol–water partition coefficient (Wildman–Crippen LogP) is 1.54. The molecule has 0 bridgehead atoms. The molecular formula is C9H14BrNO. The SMILES string of the molecule is O=C(NCCBr)C1C2CCCC21. The van der Waals surface area contributed by atoms with Crippen molar-refractivity contribution in [3.63, 3.8) is 0 Å². The maximum Gasteiger partial charge on any atom is 0.223 e. The zero-order valence-corrected chi connectivity index (χ0v) is 8.64. The average molecular weight is 232 g/mol. The van der Waals surface area contributed by atoms with Crippen molar-refractivity contribution in [3.8, 4) is 0 Å². The van der Waals surface area contributed by atoms with Gasteiger partial charge >= 0.3 is 0 Å². The molecule has 0 aromatic carbocycles. The number of halogens is 1. The number of carbonyl (C=O) groups is 1. The molecule has 2 saturated carbocycles. The fourth-order valence-electron chi connectivity index (χ4n) is 2.50. The maximum absolute atomic E-state index is 11.4. The van der Waals surface area contributed by atoms with Gasteiger partial charge in [-0.1, -0.05) is 22.4 Å². The van der Waals surface area contributed by atoms with Gasteiger partial charge in [-0.15, -0.1) is 0 Å². The van der Waals surface area contributed by atoms with Crippen molar-refractivity contribution in [3.05, 3.63) is 0 Å². The van der Waals surface area contributed by atoms with E-state index in [4.69, 9.17) is 0 Å². The standard InChI is InChI=1S/C9H14BrNO/c10-4-5-11-9(12)8-6-2-1-3-7(6)8/h6-8H,1-5H2,(H,11,12). The van der Waals surface area contributed by atoms with E-state index in [0.29, 0.717) is 11.8 Å². The molecule has 2 rings (SSSR count). The molecule has 2 unspecified atom stereocenters. The van der Waals surface area contributed by atoms with E-state index in [0.717, 1.165) is 23.7 Å². The molecule has 68 valence electrons. The van der Waals surface area contributed by atoms with E-state index < -0.39 is 0 Å². The molecule has 1 N–H and O–H groups in total. The molecule has 0 aliphatic heterocycles. The number of nitrogens with one attached hydrogen (secondary N) is 1. The van der Waals surface area contributed by atoms with Gasteiger partial charge in [-0.25, -0.2) is 0 Å². The molecule has 0 heterocycles. The van der Waals surface area contributed by atoms with Crippen molar-refractivity contribution in [1.82, 2.24) is 5.32 Å². The number of hydrogen-bond acceptors (Lipinski definition) is 1. The average Bonchev–Trinajstić information content (AvgIpc) is 2.56. The van der Waals surface area contributed by atoms with Crippen LogP contribution in [-0.4, -0.2) is 17.8 Å². The lowest BCUT2D eigenvalue weighted by Gasteiger charge is -2.03. The first-order valence-corrected chi connectivity index (χ1v) is 5.80. The van der Waals surface area contributed by atoms with E-state index in [2.05, 4.69) is 21.2 Å². The molecule has 2 atom stereocenters. The van der Waals surface area contributed by atoms with Crippen molar-refractivity contribution >= 4 is 21.8 Å². The molecule has 2 aliphatic carbocycles. The summed E-state index contributed by atoms with van der Waals surface area (Å²) in [6.45, 7) is 0.773. The van der Waals surface area contributed by atoms with Gasteiger partial charge in [0.25, 0.3) is 0 Å². The van der Waals surface area contributed by atoms with Gasteiger partial charge in [-0.2, -0.15) is 0 Å². The van der Waals surface area contributed by atoms with Crippen LogP contribution < -0.4 is 5.32 Å². The van der Waals surface area contributed by atoms with Crippen LogP contribution in [0.4, 0.5) is 0 Å². The first-order chi connectivity index (χ1) is 5.84. The molecule has 0 aromatic rings. The van der Waals surface area contributed by atoms with Crippen molar-refractivity contribution in [2.45, 2.75) is 19.3 Å². The Morgan fingerprint density at radius 3 is 2.67 bits per heavy atom. The summed E-state index contributed by atoms with van der Waals surface area (Å²) >= 11 is 3.29. The van der Waals surface area contributed by atoms with Gasteiger partial charge in [-0.05, 0) is 24.7 Å². The van der Waals surface area contributed by atoms with Gasteiger partial charge in [0.2, 0.25) is 5.91 Å². The molecule has 12 heavy (non-hydrogen) atoms. The van der Waals surface area contributed by atoms with Crippen LogP contribution in [0.25, 0.3) is 0 Å². The summed E-state index contributed by atoms with van der Waals surface area (Å²) in [6, 6.07) is 0. The Morgan fingerprint density at radius 1 is 1.42 bits per heavy atom. The number of amides is 1. The zero-order chi connectivity index (χ0) is 8.55. The topological polar surface area (TPSA) is 29.1 Å². The first-order valence-electron chi connectivity index (χ1n) is 4.68. The van der Waals surface area contributed by atoms with E-state index >= 15 is 0 Å². The van der Waals surface area contributed by atoms with Crippen LogP contribution in [0.2, 0.25) is 0 Å². The molecule has 0 spiro atoms. The van der Waals surface area contributed by atoms with Gasteiger partial charge in [0.15, 0.2) is 0 Å². The Hall–Kier alpha value is -0.0500. The maximum atomic E-state index is 11.4. The highest BCUT2D eigenvalue weighted by Gasteiger charge is 2.56. The molecule has 2 fully saturated rings. The van der Waals surface area contributed by atoms with Crippen molar-refractivity contribution in [2.75, 3.05) is 11.9 Å². The largest absolute Gasteiger partial charge is 0.355 e. The second-order valence-corrected chi connectivity index (χ2v) is 4.56. The lowest BCUT2D eigenvalue weighted by Crippen LogP contribution is -2.28. The predicted molar refractivity (Wildman–Crippen MR) is 51.1 cm³/mol. The van der Waals surface area contributed by atoms with Gasteiger partial charge in [0.1, 0.15) is 0 Å². The molecule has 2 nitrogen and oxygen atoms in total. The molecule has 2 aliphatic rings. The molecule has 0 radical (unpaired) electrons. The summed E-state index contributed by atoms with van der Waals surface area (Å²) in [5.74, 6) is 2.18. The van der Waals surface area contributed by atoms with Gasteiger partial charge in [-0.3, -0.25) is 4.79 Å². The number of hydrogen-bond donors (Lipinski definition) is 1. The van der Waals surface area contributed by atoms with E-state index in [1.807, 2.05) is 0 Å². The molecular weight excluding hydrogens is 218 g/mol. The van der Waals surface area contributed by atoms with Crippen molar-refractivity contribution in [1.29, 1.82) is 0 Å². The third kappa shape index (κ3) is 1.39. The number of fused-ring (bicyclic) bond motifs is 1. The summed E-state index contributed by atoms with van der Waals surface area (Å²) in [6.07, 6.45) is 3.92. The van der Waals surface area contributed by atoms with Gasteiger partial charge in [0, 0.05) is 17.8 Å². The smallest absolute Gasteiger partial charge is 0.223 e. The molecule has 3 heteroatoms. The van der Waals surface area contributed by atoms with Crippen LogP contribution in [0.3, 0.4) is 0 Å². The third-order valence-corrected chi connectivity index (χ3v) is 3.50. The number of rotatable bonds is 3.